The predicted molar refractivity (Wildman–Crippen MR) is 107 cm³/mol. The van der Waals surface area contributed by atoms with E-state index in [0.29, 0.717) is 11.8 Å². The van der Waals surface area contributed by atoms with Crippen LogP contribution in [0.5, 0.6) is 0 Å². The summed E-state index contributed by atoms with van der Waals surface area (Å²) in [6.45, 7) is -0.0613. The quantitative estimate of drug-likeness (QED) is 0.355. The summed E-state index contributed by atoms with van der Waals surface area (Å²) in [5, 5.41) is 13.4. The molecule has 1 aromatic carbocycles. The molecule has 34 heavy (non-hydrogen) atoms. The van der Waals surface area contributed by atoms with Crippen molar-refractivity contribution in [1.29, 1.82) is 0 Å². The molecule has 0 aliphatic carbocycles. The van der Waals surface area contributed by atoms with Crippen molar-refractivity contribution in [2.45, 2.75) is 32.6 Å². The lowest BCUT2D eigenvalue weighted by molar-refractivity contribution is -0.137. The lowest BCUT2D eigenvalue weighted by Gasteiger charge is -2.19. The molecule has 3 aromatic heterocycles. The summed E-state index contributed by atoms with van der Waals surface area (Å²) in [6.07, 6.45) is -3.44. The van der Waals surface area contributed by atoms with E-state index in [1.54, 1.807) is 0 Å². The molecule has 4 rings (SSSR count). The molecule has 14 heteroatoms. The van der Waals surface area contributed by atoms with Crippen LogP contribution in [0.15, 0.2) is 53.5 Å². The van der Waals surface area contributed by atoms with Gasteiger partial charge in [0, 0.05) is 18.6 Å². The number of alkyl halides is 5. The fraction of sp³-hybridized carbons (Fsp3) is 0.250. The van der Waals surface area contributed by atoms with E-state index in [9.17, 15) is 26.3 Å². The summed E-state index contributed by atoms with van der Waals surface area (Å²) >= 11 is 0. The van der Waals surface area contributed by atoms with Gasteiger partial charge in [0.1, 0.15) is 5.82 Å². The van der Waals surface area contributed by atoms with Crippen molar-refractivity contribution < 1.29 is 30.8 Å². The van der Waals surface area contributed by atoms with Crippen LogP contribution in [-0.2, 0) is 12.7 Å². The fourth-order valence-corrected chi connectivity index (χ4v) is 2.83. The van der Waals surface area contributed by atoms with Gasteiger partial charge < -0.3 is 9.73 Å². The van der Waals surface area contributed by atoms with Crippen LogP contribution in [0.2, 0.25) is 0 Å². The normalized spacial score (nSPS) is 12.4. The van der Waals surface area contributed by atoms with Crippen molar-refractivity contribution in [3.63, 3.8) is 0 Å². The van der Waals surface area contributed by atoms with E-state index < -0.39 is 35.9 Å². The highest BCUT2D eigenvalue weighted by atomic mass is 19.4. The van der Waals surface area contributed by atoms with Gasteiger partial charge in [-0.1, -0.05) is 19.6 Å². The van der Waals surface area contributed by atoms with Crippen molar-refractivity contribution in [3.05, 3.63) is 71.9 Å². The van der Waals surface area contributed by atoms with Gasteiger partial charge in [-0.25, -0.2) is 14.4 Å². The topological polar surface area (TPSA) is 94.6 Å². The maximum atomic E-state index is 13.3. The summed E-state index contributed by atoms with van der Waals surface area (Å²) in [4.78, 5) is 8.11. The average Bonchev–Trinajstić information content (AvgIpc) is 3.44. The number of rotatable bonds is 7. The largest absolute Gasteiger partial charge is 0.419 e. The van der Waals surface area contributed by atoms with Gasteiger partial charge in [0.25, 0.3) is 11.8 Å². The van der Waals surface area contributed by atoms with Crippen molar-refractivity contribution >= 4 is 5.95 Å². The number of benzene rings is 1. The molecule has 1 N–H and O–H groups in total. The average molecular weight is 485 g/mol. The number of halogens is 6. The molecule has 0 aliphatic heterocycles. The first-order valence-electron chi connectivity index (χ1n) is 9.24. The van der Waals surface area contributed by atoms with E-state index >= 15 is 0 Å². The lowest BCUT2D eigenvalue weighted by atomic mass is 10.1. The van der Waals surface area contributed by atoms with Crippen LogP contribution in [0.3, 0.4) is 0 Å². The monoisotopic (exact) mass is 485 g/mol. The predicted octanol–water partition coefficient (Wildman–Crippen LogP) is 5.31. The number of nitrogens with one attached hydrogen (secondary N) is 1. The Bertz CT molecular complexity index is 1210. The second-order valence-corrected chi connectivity index (χ2v) is 6.74. The Morgan fingerprint density at radius 3 is 2.24 bits per heavy atom. The zero-order chi connectivity index (χ0) is 23.6. The Morgan fingerprint density at radius 2 is 1.68 bits per heavy atom. The zero-order valence-electron chi connectivity index (χ0n) is 16.3. The first kappa shape index (κ1) is 24.7. The van der Waals surface area contributed by atoms with Crippen LogP contribution in [0.1, 0.15) is 36.9 Å². The first-order valence-corrected chi connectivity index (χ1v) is 9.24. The number of nitrogens with zero attached hydrogens (tertiary/aromatic N) is 6. The minimum atomic E-state index is -4.55. The Kier molecular flexibility index (Phi) is 7.17. The van der Waals surface area contributed by atoms with Crippen LogP contribution in [0.25, 0.3) is 11.5 Å². The minimum absolute atomic E-state index is 0. The van der Waals surface area contributed by atoms with Gasteiger partial charge in [-0.2, -0.15) is 27.1 Å². The highest BCUT2D eigenvalue weighted by Crippen LogP contribution is 2.29. The van der Waals surface area contributed by atoms with Crippen molar-refractivity contribution in [3.8, 4) is 11.5 Å². The molecule has 0 aliphatic rings. The smallest absolute Gasteiger partial charge is 0.415 e. The molecule has 0 radical (unpaired) electrons. The van der Waals surface area contributed by atoms with Crippen molar-refractivity contribution in [1.82, 2.24) is 29.9 Å². The lowest BCUT2D eigenvalue weighted by Crippen LogP contribution is -2.19. The van der Waals surface area contributed by atoms with E-state index in [-0.39, 0.29) is 31.4 Å². The standard InChI is InChI=1S/C19H13F6N7O.CH4/c20-13-3-1-10(2-4-13)14(9-32-8-12(7-28-32)19(23,24)25)29-18-26-5-11(6-27-18)16-30-31-17(33-16)15(21)22;/h1-8,14-15H,9H2,(H,26,27,29);1H4. The van der Waals surface area contributed by atoms with E-state index in [4.69, 9.17) is 4.42 Å². The van der Waals surface area contributed by atoms with Gasteiger partial charge in [0.2, 0.25) is 5.95 Å². The van der Waals surface area contributed by atoms with Crippen LogP contribution in [0.4, 0.5) is 32.3 Å². The number of anilines is 1. The van der Waals surface area contributed by atoms with Gasteiger partial charge in [0.05, 0.1) is 29.9 Å². The molecule has 0 amide bonds. The summed E-state index contributed by atoms with van der Waals surface area (Å²) in [5.41, 5.74) is -0.199. The summed E-state index contributed by atoms with van der Waals surface area (Å²) in [6, 6.07) is 4.63. The summed E-state index contributed by atoms with van der Waals surface area (Å²) < 4.78 is 83.1. The Balaban J connectivity index is 0.00000324. The van der Waals surface area contributed by atoms with Gasteiger partial charge in [0.15, 0.2) is 0 Å². The second-order valence-electron chi connectivity index (χ2n) is 6.74. The fourth-order valence-electron chi connectivity index (χ4n) is 2.83. The summed E-state index contributed by atoms with van der Waals surface area (Å²) in [7, 11) is 0. The minimum Gasteiger partial charge on any atom is -0.415 e. The maximum absolute atomic E-state index is 13.3. The molecule has 3 heterocycles. The van der Waals surface area contributed by atoms with Crippen LogP contribution in [0, 0.1) is 5.82 Å². The molecule has 1 unspecified atom stereocenters. The van der Waals surface area contributed by atoms with Gasteiger partial charge in [-0.05, 0) is 17.7 Å². The SMILES string of the molecule is C.Fc1ccc(C(Cn2cc(C(F)(F)F)cn2)Nc2ncc(-c3nnc(C(F)F)o3)cn2)cc1. The van der Waals surface area contributed by atoms with E-state index in [1.807, 2.05) is 0 Å². The van der Waals surface area contributed by atoms with Crippen molar-refractivity contribution in [2.75, 3.05) is 5.32 Å². The third-order valence-electron chi connectivity index (χ3n) is 4.43. The van der Waals surface area contributed by atoms with Gasteiger partial charge in [-0.3, -0.25) is 4.68 Å². The molecule has 0 saturated carbocycles. The highest BCUT2D eigenvalue weighted by Gasteiger charge is 2.32. The molecule has 180 valence electrons. The molecule has 0 spiro atoms. The number of hydrogen-bond donors (Lipinski definition) is 1. The van der Waals surface area contributed by atoms with Crippen LogP contribution >= 0.6 is 0 Å². The molecular formula is C20H17F6N7O. The maximum Gasteiger partial charge on any atom is 0.419 e. The Morgan fingerprint density at radius 1 is 1.00 bits per heavy atom. The third kappa shape index (κ3) is 5.68. The number of hydrogen-bond acceptors (Lipinski definition) is 7. The third-order valence-corrected chi connectivity index (χ3v) is 4.43. The van der Waals surface area contributed by atoms with Gasteiger partial charge >= 0.3 is 12.6 Å². The molecule has 8 nitrogen and oxygen atoms in total. The molecule has 0 fully saturated rings. The second kappa shape index (κ2) is 9.89. The van der Waals surface area contributed by atoms with E-state index in [0.717, 1.165) is 10.9 Å². The summed E-state index contributed by atoms with van der Waals surface area (Å²) in [5.74, 6) is -1.48. The molecule has 4 aromatic rings. The molecule has 0 bridgehead atoms. The molecular weight excluding hydrogens is 468 g/mol. The highest BCUT2D eigenvalue weighted by molar-refractivity contribution is 5.50. The van der Waals surface area contributed by atoms with Crippen molar-refractivity contribution in [2.24, 2.45) is 0 Å². The first-order chi connectivity index (χ1) is 15.7. The van der Waals surface area contributed by atoms with E-state index in [2.05, 4.69) is 30.6 Å². The van der Waals surface area contributed by atoms with Crippen LogP contribution < -0.4 is 5.32 Å². The van der Waals surface area contributed by atoms with Gasteiger partial charge in [-0.15, -0.1) is 10.2 Å². The zero-order valence-corrected chi connectivity index (χ0v) is 16.3. The number of aromatic nitrogens is 6. The van der Waals surface area contributed by atoms with E-state index in [1.165, 1.54) is 36.7 Å². The molecule has 0 saturated heterocycles. The molecule has 1 atom stereocenters. The Hall–Kier alpha value is -3.97. The van der Waals surface area contributed by atoms with Crippen LogP contribution in [-0.4, -0.2) is 29.9 Å². The Labute approximate surface area is 188 Å².